The van der Waals surface area contributed by atoms with Gasteiger partial charge in [0.1, 0.15) is 12.6 Å². The highest BCUT2D eigenvalue weighted by atomic mass is 32.2. The summed E-state index contributed by atoms with van der Waals surface area (Å²) in [6, 6.07) is 19.4. The van der Waals surface area contributed by atoms with Gasteiger partial charge in [0.2, 0.25) is 11.8 Å². The fourth-order valence-corrected chi connectivity index (χ4v) is 6.58. The summed E-state index contributed by atoms with van der Waals surface area (Å²) in [7, 11) is -4.25. The Balaban J connectivity index is 1.68. The topological polar surface area (TPSA) is 130 Å². The molecular weight excluding hydrogens is 556 g/mol. The van der Waals surface area contributed by atoms with Gasteiger partial charge in [0.15, 0.2) is 0 Å². The Bertz CT molecular complexity index is 1510. The van der Waals surface area contributed by atoms with E-state index in [0.717, 1.165) is 47.5 Å². The highest BCUT2D eigenvalue weighted by Gasteiger charge is 2.33. The van der Waals surface area contributed by atoms with Gasteiger partial charge >= 0.3 is 0 Å². The monoisotopic (exact) mass is 592 g/mol. The van der Waals surface area contributed by atoms with Crippen LogP contribution in [0.4, 0.5) is 11.4 Å². The van der Waals surface area contributed by atoms with Crippen LogP contribution in [-0.4, -0.2) is 48.7 Å². The minimum Gasteiger partial charge on any atom is -0.352 e. The molecule has 42 heavy (non-hydrogen) atoms. The summed E-state index contributed by atoms with van der Waals surface area (Å²) < 4.78 is 28.6. The highest BCUT2D eigenvalue weighted by Crippen LogP contribution is 2.27. The van der Waals surface area contributed by atoms with Crippen molar-refractivity contribution in [2.45, 2.75) is 69.5 Å². The van der Waals surface area contributed by atoms with Gasteiger partial charge < -0.3 is 10.2 Å². The van der Waals surface area contributed by atoms with Gasteiger partial charge in [0, 0.05) is 24.7 Å². The quantitative estimate of drug-likeness (QED) is 0.247. The van der Waals surface area contributed by atoms with Crippen molar-refractivity contribution in [2.24, 2.45) is 0 Å². The summed E-state index contributed by atoms with van der Waals surface area (Å²) in [5.74, 6) is -0.878. The number of sulfonamides is 1. The van der Waals surface area contributed by atoms with Crippen LogP contribution in [-0.2, 0) is 26.2 Å². The van der Waals surface area contributed by atoms with Crippen LogP contribution in [0.25, 0.3) is 0 Å². The van der Waals surface area contributed by atoms with E-state index < -0.39 is 33.4 Å². The zero-order valence-corrected chi connectivity index (χ0v) is 24.6. The van der Waals surface area contributed by atoms with Crippen LogP contribution in [0.5, 0.6) is 0 Å². The van der Waals surface area contributed by atoms with E-state index in [4.69, 9.17) is 0 Å². The Labute approximate surface area is 246 Å². The Hall–Kier alpha value is -4.25. The molecule has 2 amide bonds. The number of anilines is 1. The molecule has 0 radical (unpaired) electrons. The molecule has 1 atom stereocenters. The number of nitro groups is 1. The molecular formula is C31H36N4O6S. The first kappa shape index (κ1) is 30.7. The second-order valence-electron chi connectivity index (χ2n) is 10.6. The third kappa shape index (κ3) is 7.52. The summed E-state index contributed by atoms with van der Waals surface area (Å²) in [5.41, 5.74) is 1.66. The summed E-state index contributed by atoms with van der Waals surface area (Å²) in [5, 5.41) is 14.3. The maximum atomic E-state index is 14.0. The number of non-ortho nitro benzene ring substituents is 1. The lowest BCUT2D eigenvalue weighted by Gasteiger charge is -2.33. The number of carbonyl (C=O) groups excluding carboxylic acids is 2. The first-order chi connectivity index (χ1) is 20.1. The van der Waals surface area contributed by atoms with Gasteiger partial charge in [-0.15, -0.1) is 0 Å². The number of rotatable bonds is 11. The van der Waals surface area contributed by atoms with Gasteiger partial charge in [-0.2, -0.15) is 0 Å². The van der Waals surface area contributed by atoms with Crippen LogP contribution in [0.15, 0.2) is 83.8 Å². The predicted molar refractivity (Wildman–Crippen MR) is 160 cm³/mol. The average Bonchev–Trinajstić information content (AvgIpc) is 2.99. The lowest BCUT2D eigenvalue weighted by molar-refractivity contribution is -0.384. The van der Waals surface area contributed by atoms with Crippen molar-refractivity contribution in [1.82, 2.24) is 10.2 Å². The third-order valence-corrected chi connectivity index (χ3v) is 9.30. The van der Waals surface area contributed by atoms with Crippen LogP contribution in [0, 0.1) is 17.0 Å². The third-order valence-electron chi connectivity index (χ3n) is 7.51. The second-order valence-corrected chi connectivity index (χ2v) is 12.5. The molecule has 1 unspecified atom stereocenters. The number of nitrogens with one attached hydrogen (secondary N) is 1. The van der Waals surface area contributed by atoms with E-state index in [2.05, 4.69) is 5.32 Å². The van der Waals surface area contributed by atoms with Gasteiger partial charge in [-0.1, -0.05) is 67.3 Å². The van der Waals surface area contributed by atoms with E-state index in [1.807, 2.05) is 31.2 Å². The van der Waals surface area contributed by atoms with Gasteiger partial charge in [-0.25, -0.2) is 8.42 Å². The number of hydrogen-bond acceptors (Lipinski definition) is 6. The van der Waals surface area contributed by atoms with Crippen LogP contribution < -0.4 is 9.62 Å². The number of hydrogen-bond donors (Lipinski definition) is 1. The van der Waals surface area contributed by atoms with Crippen LogP contribution in [0.2, 0.25) is 0 Å². The zero-order valence-electron chi connectivity index (χ0n) is 23.8. The Morgan fingerprint density at radius 3 is 2.26 bits per heavy atom. The molecule has 3 aromatic rings. The SMILES string of the molecule is Cc1cccc(CN(C(=O)CN(c2ccc([N+](=O)[O-])cc2)S(=O)(=O)c2ccccc2)C(C)C(=O)NC2CCCCC2)c1. The van der Waals surface area contributed by atoms with Crippen molar-refractivity contribution in [3.05, 3.63) is 100 Å². The molecule has 222 valence electrons. The number of aryl methyl sites for hydroxylation is 1. The minimum absolute atomic E-state index is 0.0375. The van der Waals surface area contributed by atoms with E-state index in [0.29, 0.717) is 0 Å². The van der Waals surface area contributed by atoms with Gasteiger partial charge in [-0.05, 0) is 56.5 Å². The average molecular weight is 593 g/mol. The Kier molecular flexibility index (Phi) is 9.95. The van der Waals surface area contributed by atoms with E-state index in [-0.39, 0.29) is 34.8 Å². The minimum atomic E-state index is -4.25. The summed E-state index contributed by atoms with van der Waals surface area (Å²) in [4.78, 5) is 39.4. The molecule has 1 aliphatic rings. The maximum Gasteiger partial charge on any atom is 0.269 e. The molecule has 0 aromatic heterocycles. The fourth-order valence-electron chi connectivity index (χ4n) is 5.15. The van der Waals surface area contributed by atoms with Crippen molar-refractivity contribution in [2.75, 3.05) is 10.8 Å². The number of carbonyl (C=O) groups is 2. The fraction of sp³-hybridized carbons (Fsp3) is 0.355. The van der Waals surface area contributed by atoms with Crippen LogP contribution in [0.1, 0.15) is 50.2 Å². The molecule has 0 spiro atoms. The number of nitro benzene ring substituents is 1. The van der Waals surface area contributed by atoms with Crippen molar-refractivity contribution in [1.29, 1.82) is 0 Å². The molecule has 1 N–H and O–H groups in total. The molecule has 1 fully saturated rings. The molecule has 3 aromatic carbocycles. The molecule has 0 aliphatic heterocycles. The Morgan fingerprint density at radius 1 is 0.976 bits per heavy atom. The lowest BCUT2D eigenvalue weighted by Crippen LogP contribution is -2.53. The van der Waals surface area contributed by atoms with Crippen molar-refractivity contribution in [3.8, 4) is 0 Å². The van der Waals surface area contributed by atoms with Crippen molar-refractivity contribution < 1.29 is 22.9 Å². The molecule has 1 saturated carbocycles. The molecule has 0 saturated heterocycles. The van der Waals surface area contributed by atoms with Gasteiger partial charge in [-0.3, -0.25) is 24.0 Å². The smallest absolute Gasteiger partial charge is 0.269 e. The molecule has 0 bridgehead atoms. The van der Waals surface area contributed by atoms with E-state index in [1.54, 1.807) is 25.1 Å². The number of benzene rings is 3. The van der Waals surface area contributed by atoms with Gasteiger partial charge in [0.25, 0.3) is 15.7 Å². The summed E-state index contributed by atoms with van der Waals surface area (Å²) in [6.45, 7) is 3.06. The zero-order chi connectivity index (χ0) is 30.3. The van der Waals surface area contributed by atoms with E-state index >= 15 is 0 Å². The lowest BCUT2D eigenvalue weighted by atomic mass is 9.95. The van der Waals surface area contributed by atoms with Crippen molar-refractivity contribution >= 4 is 33.2 Å². The normalized spacial score (nSPS) is 14.5. The Morgan fingerprint density at radius 2 is 1.64 bits per heavy atom. The second kappa shape index (κ2) is 13.6. The number of nitrogens with zero attached hydrogens (tertiary/aromatic N) is 3. The summed E-state index contributed by atoms with van der Waals surface area (Å²) in [6.07, 6.45) is 4.97. The number of amides is 2. The molecule has 10 nitrogen and oxygen atoms in total. The molecule has 4 rings (SSSR count). The van der Waals surface area contributed by atoms with E-state index in [9.17, 15) is 28.1 Å². The maximum absolute atomic E-state index is 14.0. The van der Waals surface area contributed by atoms with Gasteiger partial charge in [0.05, 0.1) is 15.5 Å². The van der Waals surface area contributed by atoms with Crippen molar-refractivity contribution in [3.63, 3.8) is 0 Å². The standard InChI is InChI=1S/C31H36N4O6S/c1-23-10-9-11-25(20-23)21-33(24(2)31(37)32-26-12-5-3-6-13-26)30(36)22-34(27-16-18-28(19-17-27)35(38)39)42(40,41)29-14-7-4-8-15-29/h4,7-11,14-20,24,26H,3,5-6,12-13,21-22H2,1-2H3,(H,32,37). The molecule has 1 aliphatic carbocycles. The molecule has 11 heteroatoms. The summed E-state index contributed by atoms with van der Waals surface area (Å²) >= 11 is 0. The largest absolute Gasteiger partial charge is 0.352 e. The molecule has 0 heterocycles. The predicted octanol–water partition coefficient (Wildman–Crippen LogP) is 4.96. The van der Waals surface area contributed by atoms with Crippen LogP contribution in [0.3, 0.4) is 0 Å². The highest BCUT2D eigenvalue weighted by molar-refractivity contribution is 7.92. The van der Waals surface area contributed by atoms with E-state index in [1.165, 1.54) is 41.3 Å². The van der Waals surface area contributed by atoms with Crippen LogP contribution >= 0.6 is 0 Å². The first-order valence-corrected chi connectivity index (χ1v) is 15.5. The first-order valence-electron chi connectivity index (χ1n) is 14.0.